The molecule has 3 aromatic rings. The summed E-state index contributed by atoms with van der Waals surface area (Å²) in [6.07, 6.45) is -2.14. The number of halogens is 3. The summed E-state index contributed by atoms with van der Waals surface area (Å²) in [6.45, 7) is 4.53. The first-order valence-electron chi connectivity index (χ1n) is 16.8. The SMILES string of the molecule is CC1(C)C(=O)N(c2ccc(C#N)c(C(F)(F)F)c2)C(=S)N1CCCn1cc(COCCCOc2cccc3c2C(=O)N(C2CCC(=O)NC2=O)C3=O)nn1. The average molecular weight is 767 g/mol. The molecule has 2 fully saturated rings. The van der Waals surface area contributed by atoms with Crippen LogP contribution in [-0.2, 0) is 38.4 Å². The van der Waals surface area contributed by atoms with Gasteiger partial charge in [0.15, 0.2) is 5.11 Å². The Morgan fingerprint density at radius 2 is 1.83 bits per heavy atom. The first kappa shape index (κ1) is 38.0. The predicted octanol–water partition coefficient (Wildman–Crippen LogP) is 3.36. The number of rotatable bonds is 13. The lowest BCUT2D eigenvalue weighted by molar-refractivity contribution is -0.138. The number of alkyl halides is 3. The summed E-state index contributed by atoms with van der Waals surface area (Å²) in [5.41, 5.74) is -2.19. The summed E-state index contributed by atoms with van der Waals surface area (Å²) >= 11 is 5.55. The number of anilines is 1. The lowest BCUT2D eigenvalue weighted by Gasteiger charge is -2.29. The van der Waals surface area contributed by atoms with E-state index in [1.54, 1.807) is 41.8 Å². The van der Waals surface area contributed by atoms with E-state index < -0.39 is 58.4 Å². The number of nitrogens with zero attached hydrogens (tertiary/aromatic N) is 7. The number of aryl methyl sites for hydroxylation is 1. The Bertz CT molecular complexity index is 2100. The molecular weight excluding hydrogens is 733 g/mol. The fourth-order valence-corrected chi connectivity index (χ4v) is 6.98. The lowest BCUT2D eigenvalue weighted by atomic mass is 10.0. The van der Waals surface area contributed by atoms with Crippen molar-refractivity contribution in [1.29, 1.82) is 5.26 Å². The quantitative estimate of drug-likeness (QED) is 0.153. The summed E-state index contributed by atoms with van der Waals surface area (Å²) in [7, 11) is 0. The molecule has 1 atom stereocenters. The number of benzene rings is 2. The summed E-state index contributed by atoms with van der Waals surface area (Å²) in [4.78, 5) is 67.0. The summed E-state index contributed by atoms with van der Waals surface area (Å²) < 4.78 is 53.9. The maximum atomic E-state index is 13.6. The number of imide groups is 2. The molecule has 19 heteroatoms. The highest BCUT2D eigenvalue weighted by Crippen LogP contribution is 2.38. The van der Waals surface area contributed by atoms with E-state index >= 15 is 0 Å². The minimum Gasteiger partial charge on any atom is -0.493 e. The largest absolute Gasteiger partial charge is 0.493 e. The third-order valence-corrected chi connectivity index (χ3v) is 9.64. The minimum absolute atomic E-state index is 0.0167. The van der Waals surface area contributed by atoms with Crippen molar-refractivity contribution in [3.63, 3.8) is 0 Å². The smallest absolute Gasteiger partial charge is 0.417 e. The van der Waals surface area contributed by atoms with Crippen molar-refractivity contribution in [2.24, 2.45) is 0 Å². The van der Waals surface area contributed by atoms with Gasteiger partial charge in [0.2, 0.25) is 11.8 Å². The molecule has 0 aliphatic carbocycles. The Hall–Kier alpha value is -5.74. The van der Waals surface area contributed by atoms with Crippen LogP contribution in [0.5, 0.6) is 5.75 Å². The zero-order valence-corrected chi connectivity index (χ0v) is 29.8. The molecule has 3 aliphatic rings. The number of nitrogens with one attached hydrogen (secondary N) is 1. The van der Waals surface area contributed by atoms with Gasteiger partial charge in [-0.1, -0.05) is 11.3 Å². The molecule has 5 amide bonds. The molecule has 1 aromatic heterocycles. The van der Waals surface area contributed by atoms with Gasteiger partial charge in [-0.05, 0) is 69.2 Å². The number of nitriles is 1. The van der Waals surface area contributed by atoms with Crippen LogP contribution in [0.25, 0.3) is 0 Å². The molecule has 282 valence electrons. The lowest BCUT2D eigenvalue weighted by Crippen LogP contribution is -2.54. The van der Waals surface area contributed by atoms with Crippen LogP contribution in [0, 0.1) is 11.3 Å². The maximum absolute atomic E-state index is 13.6. The van der Waals surface area contributed by atoms with Crippen molar-refractivity contribution in [2.45, 2.75) is 70.4 Å². The second-order valence-electron chi connectivity index (χ2n) is 13.2. The fourth-order valence-electron chi connectivity index (χ4n) is 6.47. The first-order valence-corrected chi connectivity index (χ1v) is 17.3. The number of ether oxygens (including phenoxy) is 2. The molecule has 1 N–H and O–H groups in total. The van der Waals surface area contributed by atoms with Crippen LogP contribution in [0.3, 0.4) is 0 Å². The Kier molecular flexibility index (Phi) is 10.5. The number of hydrogen-bond donors (Lipinski definition) is 1. The van der Waals surface area contributed by atoms with Gasteiger partial charge in [-0.25, -0.2) is 0 Å². The van der Waals surface area contributed by atoms with Crippen molar-refractivity contribution in [1.82, 2.24) is 30.1 Å². The number of aromatic nitrogens is 3. The summed E-state index contributed by atoms with van der Waals surface area (Å²) in [5, 5.41) is 19.6. The fraction of sp³-hybridized carbons (Fsp3) is 0.400. The van der Waals surface area contributed by atoms with Gasteiger partial charge in [-0.3, -0.25) is 43.8 Å². The number of carbonyl (C=O) groups is 5. The van der Waals surface area contributed by atoms with Crippen LogP contribution in [0.2, 0.25) is 0 Å². The molecule has 4 heterocycles. The number of amides is 5. The highest BCUT2D eigenvalue weighted by atomic mass is 32.1. The van der Waals surface area contributed by atoms with Gasteiger partial charge >= 0.3 is 6.18 Å². The van der Waals surface area contributed by atoms with E-state index in [1.807, 2.05) is 0 Å². The highest BCUT2D eigenvalue weighted by molar-refractivity contribution is 7.80. The monoisotopic (exact) mass is 766 g/mol. The second kappa shape index (κ2) is 14.9. The van der Waals surface area contributed by atoms with Crippen LogP contribution in [0.4, 0.5) is 18.9 Å². The highest BCUT2D eigenvalue weighted by Gasteiger charge is 2.50. The molecule has 0 saturated carbocycles. The van der Waals surface area contributed by atoms with E-state index in [9.17, 15) is 37.1 Å². The average Bonchev–Trinajstić information content (AvgIpc) is 3.73. The third kappa shape index (κ3) is 7.26. The summed E-state index contributed by atoms with van der Waals surface area (Å²) in [5.74, 6) is -2.73. The van der Waals surface area contributed by atoms with Gasteiger partial charge in [-0.15, -0.1) is 5.10 Å². The molecule has 0 radical (unpaired) electrons. The van der Waals surface area contributed by atoms with Crippen LogP contribution in [0.1, 0.15) is 77.1 Å². The van der Waals surface area contributed by atoms with E-state index in [2.05, 4.69) is 15.6 Å². The normalized spacial score (nSPS) is 18.4. The van der Waals surface area contributed by atoms with Crippen LogP contribution >= 0.6 is 12.2 Å². The Morgan fingerprint density at radius 1 is 1.06 bits per heavy atom. The maximum Gasteiger partial charge on any atom is 0.417 e. The van der Waals surface area contributed by atoms with Crippen molar-refractivity contribution in [3.05, 3.63) is 70.5 Å². The van der Waals surface area contributed by atoms with E-state index in [0.717, 1.165) is 21.9 Å². The predicted molar refractivity (Wildman–Crippen MR) is 185 cm³/mol. The molecule has 6 rings (SSSR count). The topological polar surface area (TPSA) is 180 Å². The van der Waals surface area contributed by atoms with Crippen LogP contribution in [0.15, 0.2) is 42.6 Å². The van der Waals surface area contributed by atoms with Gasteiger partial charge < -0.3 is 14.4 Å². The third-order valence-electron chi connectivity index (χ3n) is 9.24. The molecule has 2 aromatic carbocycles. The number of piperidine rings is 1. The Labute approximate surface area is 311 Å². The van der Waals surface area contributed by atoms with Crippen molar-refractivity contribution >= 4 is 52.6 Å². The van der Waals surface area contributed by atoms with E-state index in [-0.39, 0.29) is 60.3 Å². The van der Waals surface area contributed by atoms with E-state index in [0.29, 0.717) is 31.6 Å². The Balaban J connectivity index is 0.956. The molecule has 15 nitrogen and oxygen atoms in total. The number of hydrogen-bond acceptors (Lipinski definition) is 11. The van der Waals surface area contributed by atoms with Crippen LogP contribution < -0.4 is 15.0 Å². The Morgan fingerprint density at radius 3 is 2.56 bits per heavy atom. The molecular formula is C35H33F3N8O7S. The molecule has 0 bridgehead atoms. The molecule has 2 saturated heterocycles. The van der Waals surface area contributed by atoms with Crippen molar-refractivity contribution < 1.29 is 46.6 Å². The van der Waals surface area contributed by atoms with Gasteiger partial charge in [0.05, 0.1) is 60.0 Å². The number of carbonyl (C=O) groups excluding carboxylic acids is 5. The zero-order valence-electron chi connectivity index (χ0n) is 29.0. The molecule has 54 heavy (non-hydrogen) atoms. The molecule has 1 unspecified atom stereocenters. The van der Waals surface area contributed by atoms with Crippen molar-refractivity contribution in [2.75, 3.05) is 24.7 Å². The van der Waals surface area contributed by atoms with E-state index in [4.69, 9.17) is 27.0 Å². The van der Waals surface area contributed by atoms with Crippen LogP contribution in [-0.4, -0.2) is 90.8 Å². The van der Waals surface area contributed by atoms with Gasteiger partial charge in [-0.2, -0.15) is 18.4 Å². The number of thiocarbonyl (C=S) groups is 1. The minimum atomic E-state index is -4.79. The molecule has 3 aliphatic heterocycles. The van der Waals surface area contributed by atoms with Gasteiger partial charge in [0, 0.05) is 25.9 Å². The standard InChI is InChI=1S/C35H33F3N8O7S/c1-34(2)32(51)45(22-9-8-20(17-39)24(16-22)35(36,37)38)33(54)44(34)13-4-12-43-18-21(41-42-43)19-52-14-5-15-53-26-7-3-6-23-28(26)31(50)46(30(23)49)25-10-11-27(47)40-29(25)48/h3,6-9,16,18,25H,4-5,10-15,19H2,1-2H3,(H,40,47,48). The van der Waals surface area contributed by atoms with Crippen molar-refractivity contribution in [3.8, 4) is 11.8 Å². The molecule has 0 spiro atoms. The summed E-state index contributed by atoms with van der Waals surface area (Å²) in [6, 6.07) is 8.12. The zero-order chi connectivity index (χ0) is 38.9. The second-order valence-corrected chi connectivity index (χ2v) is 13.5. The van der Waals surface area contributed by atoms with Gasteiger partial charge in [0.25, 0.3) is 17.7 Å². The number of fused-ring (bicyclic) bond motifs is 1. The van der Waals surface area contributed by atoms with E-state index in [1.165, 1.54) is 18.2 Å². The van der Waals surface area contributed by atoms with Gasteiger partial charge in [0.1, 0.15) is 23.0 Å². The first-order chi connectivity index (χ1) is 25.6.